The Morgan fingerprint density at radius 2 is 1.55 bits per heavy atom. The third kappa shape index (κ3) is 11.8. The Labute approximate surface area is 260 Å². The van der Waals surface area contributed by atoms with Crippen molar-refractivity contribution in [3.63, 3.8) is 0 Å². The highest BCUT2D eigenvalue weighted by Crippen LogP contribution is 2.24. The molecule has 10 nitrogen and oxygen atoms in total. The average molecular weight is 604 g/mol. The summed E-state index contributed by atoms with van der Waals surface area (Å²) in [6, 6.07) is 24.2. The van der Waals surface area contributed by atoms with E-state index in [1.165, 1.54) is 0 Å². The number of rotatable bonds is 16. The molecule has 6 N–H and O–H groups in total. The number of β-amino-alcohol motifs (C(OH)–C–C–N with tert-alkyl or cyclic N) is 1. The van der Waals surface area contributed by atoms with Gasteiger partial charge in [-0.3, -0.25) is 9.59 Å². The van der Waals surface area contributed by atoms with E-state index in [1.807, 2.05) is 92.7 Å². The first-order valence-corrected chi connectivity index (χ1v) is 14.8. The molecule has 0 saturated heterocycles. The van der Waals surface area contributed by atoms with E-state index in [0.717, 1.165) is 27.8 Å². The topological polar surface area (TPSA) is 141 Å². The molecule has 0 aromatic heterocycles. The van der Waals surface area contributed by atoms with E-state index < -0.39 is 17.7 Å². The van der Waals surface area contributed by atoms with Crippen LogP contribution in [-0.4, -0.2) is 60.8 Å². The van der Waals surface area contributed by atoms with Crippen molar-refractivity contribution in [2.75, 3.05) is 20.2 Å². The van der Waals surface area contributed by atoms with Crippen LogP contribution < -0.4 is 26.6 Å². The van der Waals surface area contributed by atoms with Crippen molar-refractivity contribution >= 4 is 17.8 Å². The first-order valence-electron chi connectivity index (χ1n) is 14.8. The van der Waals surface area contributed by atoms with E-state index in [1.54, 1.807) is 14.0 Å². The van der Waals surface area contributed by atoms with Gasteiger partial charge in [0.1, 0.15) is 6.04 Å². The molecule has 0 heterocycles. The SMILES string of the molecule is CNC(=O)NCc1ccccc1-c1ccc(CNC(=O)[C@@H](COCc2ccccc2)NC(=O)CC(C)(C)NCC(C)O)cc1. The van der Waals surface area contributed by atoms with Crippen LogP contribution in [0.25, 0.3) is 11.1 Å². The van der Waals surface area contributed by atoms with Gasteiger partial charge in [0, 0.05) is 38.6 Å². The van der Waals surface area contributed by atoms with Gasteiger partial charge >= 0.3 is 6.03 Å². The number of carbonyl (C=O) groups excluding carboxylic acids is 3. The van der Waals surface area contributed by atoms with Crippen LogP contribution in [0.4, 0.5) is 4.79 Å². The van der Waals surface area contributed by atoms with Crippen molar-refractivity contribution in [2.45, 2.75) is 64.6 Å². The molecule has 0 fully saturated rings. The van der Waals surface area contributed by atoms with Crippen molar-refractivity contribution in [3.05, 3.63) is 95.6 Å². The Balaban J connectivity index is 1.63. The van der Waals surface area contributed by atoms with Crippen molar-refractivity contribution in [3.8, 4) is 11.1 Å². The average Bonchev–Trinajstić information content (AvgIpc) is 3.01. The summed E-state index contributed by atoms with van der Waals surface area (Å²) in [6.07, 6.45) is -0.430. The number of aliphatic hydroxyl groups excluding tert-OH is 1. The van der Waals surface area contributed by atoms with Gasteiger partial charge in [0.2, 0.25) is 11.8 Å². The van der Waals surface area contributed by atoms with Crippen LogP contribution in [0.2, 0.25) is 0 Å². The maximum Gasteiger partial charge on any atom is 0.314 e. The molecule has 0 radical (unpaired) electrons. The predicted octanol–water partition coefficient (Wildman–Crippen LogP) is 3.24. The molecule has 3 rings (SSSR count). The summed E-state index contributed by atoms with van der Waals surface area (Å²) in [6.45, 7) is 6.74. The number of aliphatic hydroxyl groups is 1. The van der Waals surface area contributed by atoms with Crippen LogP contribution in [0.15, 0.2) is 78.9 Å². The van der Waals surface area contributed by atoms with E-state index in [2.05, 4.69) is 26.6 Å². The molecule has 4 amide bonds. The van der Waals surface area contributed by atoms with Gasteiger partial charge in [-0.1, -0.05) is 78.9 Å². The largest absolute Gasteiger partial charge is 0.392 e. The van der Waals surface area contributed by atoms with E-state index in [-0.39, 0.29) is 37.4 Å². The Hall–Kier alpha value is -4.25. The summed E-state index contributed by atoms with van der Waals surface area (Å²) in [5.41, 5.74) is 4.25. The Morgan fingerprint density at radius 1 is 0.864 bits per heavy atom. The number of hydrogen-bond acceptors (Lipinski definition) is 6. The molecule has 0 aliphatic rings. The van der Waals surface area contributed by atoms with E-state index in [4.69, 9.17) is 4.74 Å². The minimum atomic E-state index is -0.891. The van der Waals surface area contributed by atoms with Crippen molar-refractivity contribution < 1.29 is 24.2 Å². The van der Waals surface area contributed by atoms with Crippen LogP contribution in [0.5, 0.6) is 0 Å². The second-order valence-corrected chi connectivity index (χ2v) is 11.4. The summed E-state index contributed by atoms with van der Waals surface area (Å²) in [4.78, 5) is 37.9. The second-order valence-electron chi connectivity index (χ2n) is 11.4. The highest BCUT2D eigenvalue weighted by molar-refractivity contribution is 5.88. The number of amides is 4. The summed E-state index contributed by atoms with van der Waals surface area (Å²) in [7, 11) is 1.58. The van der Waals surface area contributed by atoms with Gasteiger partial charge in [0.25, 0.3) is 0 Å². The van der Waals surface area contributed by atoms with Crippen LogP contribution in [0, 0.1) is 0 Å². The molecule has 0 aliphatic carbocycles. The van der Waals surface area contributed by atoms with Crippen molar-refractivity contribution in [2.24, 2.45) is 0 Å². The lowest BCUT2D eigenvalue weighted by Crippen LogP contribution is -2.52. The number of nitrogens with one attached hydrogen (secondary N) is 5. The third-order valence-electron chi connectivity index (χ3n) is 6.94. The molecule has 0 bridgehead atoms. The van der Waals surface area contributed by atoms with E-state index >= 15 is 0 Å². The molecule has 0 spiro atoms. The molecule has 1 unspecified atom stereocenters. The zero-order valence-electron chi connectivity index (χ0n) is 26.0. The molecule has 44 heavy (non-hydrogen) atoms. The fraction of sp³-hybridized carbons (Fsp3) is 0.382. The van der Waals surface area contributed by atoms with Crippen LogP contribution in [0.3, 0.4) is 0 Å². The minimum Gasteiger partial charge on any atom is -0.392 e. The first-order chi connectivity index (χ1) is 21.1. The van der Waals surface area contributed by atoms with E-state index in [9.17, 15) is 19.5 Å². The minimum absolute atomic E-state index is 0.00775. The van der Waals surface area contributed by atoms with Crippen molar-refractivity contribution in [1.82, 2.24) is 26.6 Å². The maximum atomic E-state index is 13.3. The monoisotopic (exact) mass is 603 g/mol. The molecule has 236 valence electrons. The third-order valence-corrected chi connectivity index (χ3v) is 6.94. The summed E-state index contributed by atoms with van der Waals surface area (Å²) < 4.78 is 5.83. The normalized spacial score (nSPS) is 12.6. The predicted molar refractivity (Wildman–Crippen MR) is 171 cm³/mol. The van der Waals surface area contributed by atoms with Gasteiger partial charge in [0.15, 0.2) is 0 Å². The number of hydrogen-bond donors (Lipinski definition) is 6. The lowest BCUT2D eigenvalue weighted by atomic mass is 9.98. The molecular formula is C34H45N5O5. The number of benzene rings is 3. The van der Waals surface area contributed by atoms with Gasteiger partial charge < -0.3 is 36.4 Å². The van der Waals surface area contributed by atoms with Gasteiger partial charge in [-0.25, -0.2) is 4.79 Å². The summed E-state index contributed by atoms with van der Waals surface area (Å²) in [5.74, 6) is -0.652. The second kappa shape index (κ2) is 17.1. The lowest BCUT2D eigenvalue weighted by Gasteiger charge is -2.28. The molecule has 2 atom stereocenters. The lowest BCUT2D eigenvalue weighted by molar-refractivity contribution is -0.131. The highest BCUT2D eigenvalue weighted by Gasteiger charge is 2.26. The number of ether oxygens (including phenoxy) is 1. The Morgan fingerprint density at radius 3 is 2.23 bits per heavy atom. The first kappa shape index (κ1) is 34.2. The smallest absolute Gasteiger partial charge is 0.314 e. The number of urea groups is 1. The van der Waals surface area contributed by atoms with Gasteiger partial charge in [-0.15, -0.1) is 0 Å². The number of carbonyl (C=O) groups is 3. The molecular weight excluding hydrogens is 558 g/mol. The van der Waals surface area contributed by atoms with Gasteiger partial charge in [-0.05, 0) is 48.6 Å². The maximum absolute atomic E-state index is 13.3. The Kier molecular flexibility index (Phi) is 13.3. The molecule has 3 aromatic carbocycles. The fourth-order valence-corrected chi connectivity index (χ4v) is 4.52. The quantitative estimate of drug-likeness (QED) is 0.149. The van der Waals surface area contributed by atoms with Crippen LogP contribution in [-0.2, 0) is 34.0 Å². The molecule has 0 aliphatic heterocycles. The zero-order valence-corrected chi connectivity index (χ0v) is 26.0. The zero-order chi connectivity index (χ0) is 32.0. The van der Waals surface area contributed by atoms with Gasteiger partial charge in [0.05, 0.1) is 19.3 Å². The highest BCUT2D eigenvalue weighted by atomic mass is 16.5. The molecule has 3 aromatic rings. The van der Waals surface area contributed by atoms with Crippen LogP contribution >= 0.6 is 0 Å². The molecule has 0 saturated carbocycles. The van der Waals surface area contributed by atoms with Gasteiger partial charge in [-0.2, -0.15) is 0 Å². The summed E-state index contributed by atoms with van der Waals surface area (Å²) in [5, 5.41) is 23.9. The standard InChI is InChI=1S/C34H45N5O5/c1-24(40)19-38-34(2,3)18-31(41)39-30(23-44-22-26-10-6-5-7-11-26)32(42)36-20-25-14-16-27(17-15-25)29-13-9-8-12-28(29)21-37-33(43)35-4/h5-17,24,30,38,40H,18-23H2,1-4H3,(H,36,42)(H,39,41)(H2,35,37,43)/t24?,30-/m1/s1. The molecule has 10 heteroatoms. The van der Waals surface area contributed by atoms with E-state index in [0.29, 0.717) is 19.7 Å². The fourth-order valence-electron chi connectivity index (χ4n) is 4.52. The van der Waals surface area contributed by atoms with Crippen LogP contribution in [0.1, 0.15) is 43.9 Å². The summed E-state index contributed by atoms with van der Waals surface area (Å²) >= 11 is 0. The van der Waals surface area contributed by atoms with Crippen molar-refractivity contribution in [1.29, 1.82) is 0 Å². The Bertz CT molecular complexity index is 1350.